The smallest absolute Gasteiger partial charge is 0.0766 e. The molecule has 0 radical (unpaired) electrons. The molecular formula is C17H21N5. The van der Waals surface area contributed by atoms with Crippen LogP contribution in [-0.4, -0.2) is 25.6 Å². The quantitative estimate of drug-likeness (QED) is 0.760. The Kier molecular flexibility index (Phi) is 4.34. The van der Waals surface area contributed by atoms with Crippen LogP contribution in [0.25, 0.3) is 5.69 Å². The molecule has 3 rings (SSSR count). The van der Waals surface area contributed by atoms with Crippen LogP contribution < -0.4 is 5.32 Å². The fourth-order valence-corrected chi connectivity index (χ4v) is 2.37. The lowest BCUT2D eigenvalue weighted by atomic mass is 10.3. The fraction of sp³-hybridized carbons (Fsp3) is 0.294. The van der Waals surface area contributed by atoms with Crippen LogP contribution in [0.5, 0.6) is 0 Å². The van der Waals surface area contributed by atoms with Crippen molar-refractivity contribution in [1.82, 2.24) is 24.9 Å². The molecule has 114 valence electrons. The summed E-state index contributed by atoms with van der Waals surface area (Å²) in [6, 6.07) is 12.5. The summed E-state index contributed by atoms with van der Waals surface area (Å²) in [4.78, 5) is 0. The average molecular weight is 295 g/mol. The SMILES string of the molecule is Cc1cnn(CC(C)NCc2ccn(-c3ccccc3)n2)c1. The lowest BCUT2D eigenvalue weighted by Gasteiger charge is -2.12. The Bertz CT molecular complexity index is 713. The Morgan fingerprint density at radius 3 is 2.73 bits per heavy atom. The molecule has 0 fully saturated rings. The maximum atomic E-state index is 4.60. The summed E-state index contributed by atoms with van der Waals surface area (Å²) in [5.74, 6) is 0. The lowest BCUT2D eigenvalue weighted by Crippen LogP contribution is -2.30. The van der Waals surface area contributed by atoms with Crippen LogP contribution >= 0.6 is 0 Å². The van der Waals surface area contributed by atoms with Crippen molar-refractivity contribution < 1.29 is 0 Å². The van der Waals surface area contributed by atoms with Crippen LogP contribution in [0.3, 0.4) is 0 Å². The molecule has 1 unspecified atom stereocenters. The van der Waals surface area contributed by atoms with Crippen molar-refractivity contribution in [2.45, 2.75) is 33.0 Å². The molecule has 0 aliphatic heterocycles. The van der Waals surface area contributed by atoms with Crippen molar-refractivity contribution in [1.29, 1.82) is 0 Å². The monoisotopic (exact) mass is 295 g/mol. The first-order valence-electron chi connectivity index (χ1n) is 7.53. The zero-order chi connectivity index (χ0) is 15.4. The summed E-state index contributed by atoms with van der Waals surface area (Å²) in [6.45, 7) is 5.82. The normalized spacial score (nSPS) is 12.5. The first-order valence-corrected chi connectivity index (χ1v) is 7.53. The maximum Gasteiger partial charge on any atom is 0.0766 e. The van der Waals surface area contributed by atoms with Gasteiger partial charge in [-0.25, -0.2) is 4.68 Å². The van der Waals surface area contributed by atoms with E-state index in [1.807, 2.05) is 58.2 Å². The molecule has 5 heteroatoms. The molecule has 0 saturated heterocycles. The highest BCUT2D eigenvalue weighted by atomic mass is 15.3. The van der Waals surface area contributed by atoms with E-state index in [2.05, 4.69) is 35.6 Å². The van der Waals surface area contributed by atoms with E-state index < -0.39 is 0 Å². The average Bonchev–Trinajstić information content (AvgIpc) is 3.15. The van der Waals surface area contributed by atoms with Gasteiger partial charge in [-0.3, -0.25) is 4.68 Å². The second-order valence-electron chi connectivity index (χ2n) is 5.61. The standard InChI is InChI=1S/C17H21N5/c1-14-10-19-21(12-14)13-15(2)18-11-16-8-9-22(20-16)17-6-4-3-5-7-17/h3-10,12,15,18H,11,13H2,1-2H3. The first-order chi connectivity index (χ1) is 10.7. The first kappa shape index (κ1) is 14.5. The van der Waals surface area contributed by atoms with Gasteiger partial charge in [-0.1, -0.05) is 18.2 Å². The lowest BCUT2D eigenvalue weighted by molar-refractivity contribution is 0.447. The predicted octanol–water partition coefficient (Wildman–Crippen LogP) is 2.56. The molecule has 1 atom stereocenters. The van der Waals surface area contributed by atoms with Crippen LogP contribution in [-0.2, 0) is 13.1 Å². The van der Waals surface area contributed by atoms with E-state index in [1.165, 1.54) is 5.56 Å². The Hall–Kier alpha value is -2.40. The van der Waals surface area contributed by atoms with E-state index in [4.69, 9.17) is 0 Å². The van der Waals surface area contributed by atoms with Gasteiger partial charge in [0.25, 0.3) is 0 Å². The minimum absolute atomic E-state index is 0.334. The number of hydrogen-bond donors (Lipinski definition) is 1. The fourth-order valence-electron chi connectivity index (χ4n) is 2.37. The van der Waals surface area contributed by atoms with Crippen LogP contribution in [0.4, 0.5) is 0 Å². The molecular weight excluding hydrogens is 274 g/mol. The molecule has 5 nitrogen and oxygen atoms in total. The molecule has 2 aromatic heterocycles. The van der Waals surface area contributed by atoms with Gasteiger partial charge in [-0.05, 0) is 37.6 Å². The molecule has 2 heterocycles. The third-order valence-electron chi connectivity index (χ3n) is 3.52. The van der Waals surface area contributed by atoms with Gasteiger partial charge in [0.1, 0.15) is 0 Å². The molecule has 22 heavy (non-hydrogen) atoms. The van der Waals surface area contributed by atoms with Crippen molar-refractivity contribution in [2.24, 2.45) is 0 Å². The van der Waals surface area contributed by atoms with Gasteiger partial charge < -0.3 is 5.32 Å². The number of para-hydroxylation sites is 1. The minimum atomic E-state index is 0.334. The van der Waals surface area contributed by atoms with Crippen LogP contribution in [0.1, 0.15) is 18.2 Å². The summed E-state index contributed by atoms with van der Waals surface area (Å²) in [5.41, 5.74) is 3.30. The number of aryl methyl sites for hydroxylation is 1. The Morgan fingerprint density at radius 2 is 2.00 bits per heavy atom. The van der Waals surface area contributed by atoms with Gasteiger partial charge in [0, 0.05) is 25.0 Å². The summed E-state index contributed by atoms with van der Waals surface area (Å²) < 4.78 is 3.87. The number of benzene rings is 1. The number of nitrogens with one attached hydrogen (secondary N) is 1. The molecule has 3 aromatic rings. The molecule has 1 aromatic carbocycles. The second-order valence-corrected chi connectivity index (χ2v) is 5.61. The van der Waals surface area contributed by atoms with Crippen molar-refractivity contribution in [2.75, 3.05) is 0 Å². The summed E-state index contributed by atoms with van der Waals surface area (Å²) >= 11 is 0. The van der Waals surface area contributed by atoms with Crippen molar-refractivity contribution >= 4 is 0 Å². The summed E-state index contributed by atoms with van der Waals surface area (Å²) in [6.07, 6.45) is 5.93. The molecule has 0 saturated carbocycles. The number of aromatic nitrogens is 4. The van der Waals surface area contributed by atoms with E-state index in [-0.39, 0.29) is 0 Å². The zero-order valence-corrected chi connectivity index (χ0v) is 13.0. The Labute approximate surface area is 130 Å². The molecule has 0 aliphatic rings. The second kappa shape index (κ2) is 6.58. The predicted molar refractivity (Wildman–Crippen MR) is 86.8 cm³/mol. The van der Waals surface area contributed by atoms with Crippen molar-refractivity contribution in [3.05, 3.63) is 66.2 Å². The topological polar surface area (TPSA) is 47.7 Å². The highest BCUT2D eigenvalue weighted by Crippen LogP contribution is 2.07. The molecule has 0 aliphatic carbocycles. The minimum Gasteiger partial charge on any atom is -0.307 e. The maximum absolute atomic E-state index is 4.60. The van der Waals surface area contributed by atoms with Gasteiger partial charge in [0.2, 0.25) is 0 Å². The van der Waals surface area contributed by atoms with Crippen LogP contribution in [0, 0.1) is 6.92 Å². The van der Waals surface area contributed by atoms with Crippen LogP contribution in [0.15, 0.2) is 55.0 Å². The highest BCUT2D eigenvalue weighted by molar-refractivity contribution is 5.30. The Balaban J connectivity index is 1.54. The Morgan fingerprint density at radius 1 is 1.18 bits per heavy atom. The summed E-state index contributed by atoms with van der Waals surface area (Å²) in [5, 5.41) is 12.4. The molecule has 0 bridgehead atoms. The third kappa shape index (κ3) is 3.62. The van der Waals surface area contributed by atoms with E-state index in [9.17, 15) is 0 Å². The van der Waals surface area contributed by atoms with Gasteiger partial charge in [-0.15, -0.1) is 0 Å². The number of rotatable bonds is 6. The summed E-state index contributed by atoms with van der Waals surface area (Å²) in [7, 11) is 0. The van der Waals surface area contributed by atoms with Gasteiger partial charge in [0.05, 0.1) is 24.1 Å². The van der Waals surface area contributed by atoms with Crippen molar-refractivity contribution in [3.8, 4) is 5.69 Å². The van der Waals surface area contributed by atoms with Gasteiger partial charge in [-0.2, -0.15) is 10.2 Å². The third-order valence-corrected chi connectivity index (χ3v) is 3.52. The highest BCUT2D eigenvalue weighted by Gasteiger charge is 2.06. The molecule has 1 N–H and O–H groups in total. The van der Waals surface area contributed by atoms with Crippen molar-refractivity contribution in [3.63, 3.8) is 0 Å². The molecule has 0 spiro atoms. The van der Waals surface area contributed by atoms with Gasteiger partial charge in [0.15, 0.2) is 0 Å². The largest absolute Gasteiger partial charge is 0.307 e. The van der Waals surface area contributed by atoms with E-state index in [0.29, 0.717) is 6.04 Å². The van der Waals surface area contributed by atoms with E-state index >= 15 is 0 Å². The molecule has 0 amide bonds. The van der Waals surface area contributed by atoms with Crippen LogP contribution in [0.2, 0.25) is 0 Å². The van der Waals surface area contributed by atoms with Gasteiger partial charge >= 0.3 is 0 Å². The number of hydrogen-bond acceptors (Lipinski definition) is 3. The van der Waals surface area contributed by atoms with E-state index in [0.717, 1.165) is 24.5 Å². The number of nitrogens with zero attached hydrogens (tertiary/aromatic N) is 4. The zero-order valence-electron chi connectivity index (χ0n) is 13.0. The van der Waals surface area contributed by atoms with E-state index in [1.54, 1.807) is 0 Å².